The van der Waals surface area contributed by atoms with E-state index >= 15 is 0 Å². The molecule has 0 aliphatic rings. The van der Waals surface area contributed by atoms with Gasteiger partial charge in [0.15, 0.2) is 0 Å². The maximum absolute atomic E-state index is 2.17. The third kappa shape index (κ3) is 1.81. The van der Waals surface area contributed by atoms with Crippen molar-refractivity contribution in [3.05, 3.63) is 64.2 Å². The quantitative estimate of drug-likeness (QED) is 0.672. The number of hydrogen-bond acceptors (Lipinski definition) is 1. The molecule has 0 atom stereocenters. The third-order valence-electron chi connectivity index (χ3n) is 2.10. The average Bonchev–Trinajstić information content (AvgIpc) is 2.71. The Morgan fingerprint density at radius 3 is 2.38 bits per heavy atom. The van der Waals surface area contributed by atoms with Gasteiger partial charge in [-0.1, -0.05) is 36.4 Å². The van der Waals surface area contributed by atoms with Crippen LogP contribution < -0.4 is 0 Å². The fourth-order valence-corrected chi connectivity index (χ4v) is 2.08. The van der Waals surface area contributed by atoms with Gasteiger partial charge in [0.25, 0.3) is 0 Å². The van der Waals surface area contributed by atoms with Gasteiger partial charge in [-0.25, -0.2) is 0 Å². The SMILES string of the molecule is C[C](c1ccccc1)c1cccs1. The molecule has 1 aromatic carbocycles. The Morgan fingerprint density at radius 2 is 1.77 bits per heavy atom. The van der Waals surface area contributed by atoms with E-state index in [-0.39, 0.29) is 0 Å². The van der Waals surface area contributed by atoms with Crippen molar-refractivity contribution in [1.29, 1.82) is 0 Å². The Bertz CT molecular complexity index is 348. The molecule has 0 unspecified atom stereocenters. The van der Waals surface area contributed by atoms with E-state index in [1.807, 2.05) is 6.07 Å². The molecule has 2 rings (SSSR count). The summed E-state index contributed by atoms with van der Waals surface area (Å²) in [6.45, 7) is 2.17. The van der Waals surface area contributed by atoms with Gasteiger partial charge >= 0.3 is 0 Å². The van der Waals surface area contributed by atoms with Gasteiger partial charge in [-0.15, -0.1) is 11.3 Å². The second kappa shape index (κ2) is 3.75. The fraction of sp³-hybridized carbons (Fsp3) is 0.0833. The molecule has 2 aromatic rings. The van der Waals surface area contributed by atoms with Crippen molar-refractivity contribution in [3.63, 3.8) is 0 Å². The summed E-state index contributed by atoms with van der Waals surface area (Å²) < 4.78 is 0. The van der Waals surface area contributed by atoms with Crippen LogP contribution in [0.2, 0.25) is 0 Å². The summed E-state index contributed by atoms with van der Waals surface area (Å²) in [6.07, 6.45) is 0. The Kier molecular flexibility index (Phi) is 2.46. The number of benzene rings is 1. The van der Waals surface area contributed by atoms with Gasteiger partial charge in [-0.3, -0.25) is 0 Å². The van der Waals surface area contributed by atoms with Gasteiger partial charge in [0.1, 0.15) is 0 Å². The van der Waals surface area contributed by atoms with Crippen LogP contribution in [-0.2, 0) is 0 Å². The molecule has 0 aliphatic carbocycles. The molecule has 0 bridgehead atoms. The topological polar surface area (TPSA) is 0 Å². The van der Waals surface area contributed by atoms with Gasteiger partial charge in [0.2, 0.25) is 0 Å². The van der Waals surface area contributed by atoms with Crippen molar-refractivity contribution in [2.75, 3.05) is 0 Å². The molecule has 0 amide bonds. The molecule has 0 saturated heterocycles. The van der Waals surface area contributed by atoms with Crippen LogP contribution in [0.3, 0.4) is 0 Å². The summed E-state index contributed by atoms with van der Waals surface area (Å²) in [7, 11) is 0. The van der Waals surface area contributed by atoms with E-state index in [1.165, 1.54) is 16.4 Å². The average molecular weight is 187 g/mol. The van der Waals surface area contributed by atoms with Crippen LogP contribution in [-0.4, -0.2) is 0 Å². The lowest BCUT2D eigenvalue weighted by Crippen LogP contribution is -1.92. The predicted octanol–water partition coefficient (Wildman–Crippen LogP) is 3.74. The molecular weight excluding hydrogens is 176 g/mol. The minimum absolute atomic E-state index is 1.31. The lowest BCUT2D eigenvalue weighted by molar-refractivity contribution is 1.23. The highest BCUT2D eigenvalue weighted by Gasteiger charge is 2.08. The van der Waals surface area contributed by atoms with Crippen molar-refractivity contribution in [1.82, 2.24) is 0 Å². The zero-order valence-electron chi connectivity index (χ0n) is 7.53. The van der Waals surface area contributed by atoms with E-state index in [9.17, 15) is 0 Å². The molecule has 0 nitrogen and oxygen atoms in total. The van der Waals surface area contributed by atoms with Crippen molar-refractivity contribution in [3.8, 4) is 0 Å². The first-order chi connectivity index (χ1) is 6.38. The summed E-state index contributed by atoms with van der Waals surface area (Å²) in [5.41, 5.74) is 1.31. The largest absolute Gasteiger partial charge is 0.148 e. The lowest BCUT2D eigenvalue weighted by atomic mass is 10.00. The molecule has 1 heterocycles. The minimum atomic E-state index is 1.31. The maximum atomic E-state index is 2.17. The van der Waals surface area contributed by atoms with Crippen molar-refractivity contribution in [2.45, 2.75) is 6.92 Å². The lowest BCUT2D eigenvalue weighted by Gasteiger charge is -2.07. The molecule has 0 fully saturated rings. The summed E-state index contributed by atoms with van der Waals surface area (Å²) in [6, 6.07) is 14.7. The van der Waals surface area contributed by atoms with Gasteiger partial charge in [-0.05, 0) is 23.9 Å². The van der Waals surface area contributed by atoms with E-state index in [2.05, 4.69) is 48.7 Å². The zero-order chi connectivity index (χ0) is 9.10. The minimum Gasteiger partial charge on any atom is -0.148 e. The number of hydrogen-bond donors (Lipinski definition) is 0. The molecule has 1 aromatic heterocycles. The van der Waals surface area contributed by atoms with Gasteiger partial charge in [0.05, 0.1) is 0 Å². The molecular formula is C12H11S. The van der Waals surface area contributed by atoms with E-state index < -0.39 is 0 Å². The van der Waals surface area contributed by atoms with E-state index in [0.717, 1.165) is 0 Å². The summed E-state index contributed by atoms with van der Waals surface area (Å²) in [5.74, 6) is 1.36. The Hall–Kier alpha value is -1.08. The zero-order valence-corrected chi connectivity index (χ0v) is 8.34. The monoisotopic (exact) mass is 187 g/mol. The Morgan fingerprint density at radius 1 is 1.00 bits per heavy atom. The molecule has 13 heavy (non-hydrogen) atoms. The van der Waals surface area contributed by atoms with Gasteiger partial charge in [0, 0.05) is 10.8 Å². The van der Waals surface area contributed by atoms with Crippen LogP contribution in [0.25, 0.3) is 0 Å². The smallest absolute Gasteiger partial charge is 0.0410 e. The highest BCUT2D eigenvalue weighted by molar-refractivity contribution is 7.10. The van der Waals surface area contributed by atoms with Crippen LogP contribution in [0.1, 0.15) is 17.4 Å². The third-order valence-corrected chi connectivity index (χ3v) is 3.09. The molecule has 0 saturated carbocycles. The first-order valence-electron chi connectivity index (χ1n) is 4.31. The van der Waals surface area contributed by atoms with Crippen LogP contribution >= 0.6 is 11.3 Å². The van der Waals surface area contributed by atoms with Crippen LogP contribution in [0.15, 0.2) is 47.8 Å². The molecule has 0 spiro atoms. The van der Waals surface area contributed by atoms with Gasteiger partial charge < -0.3 is 0 Å². The summed E-state index contributed by atoms with van der Waals surface area (Å²) >= 11 is 1.79. The van der Waals surface area contributed by atoms with Crippen molar-refractivity contribution >= 4 is 11.3 Å². The van der Waals surface area contributed by atoms with E-state index in [0.29, 0.717) is 0 Å². The van der Waals surface area contributed by atoms with E-state index in [4.69, 9.17) is 0 Å². The first kappa shape index (κ1) is 8.52. The number of rotatable bonds is 2. The van der Waals surface area contributed by atoms with E-state index in [1.54, 1.807) is 11.3 Å². The van der Waals surface area contributed by atoms with Crippen LogP contribution in [0.4, 0.5) is 0 Å². The Labute approximate surface area is 82.9 Å². The van der Waals surface area contributed by atoms with Crippen molar-refractivity contribution in [2.24, 2.45) is 0 Å². The molecule has 1 heteroatoms. The molecule has 1 radical (unpaired) electrons. The summed E-state index contributed by atoms with van der Waals surface area (Å²) in [4.78, 5) is 1.35. The standard InChI is InChI=1S/C12H11S/c1-10(12-8-5-9-13-12)11-6-3-2-4-7-11/h2-9H,1H3. The summed E-state index contributed by atoms with van der Waals surface area (Å²) in [5, 5.41) is 2.11. The number of thiophene rings is 1. The molecule has 0 N–H and O–H groups in total. The van der Waals surface area contributed by atoms with Crippen LogP contribution in [0.5, 0.6) is 0 Å². The van der Waals surface area contributed by atoms with Crippen LogP contribution in [0, 0.1) is 5.92 Å². The van der Waals surface area contributed by atoms with Crippen molar-refractivity contribution < 1.29 is 0 Å². The normalized spacial score (nSPS) is 10.6. The first-order valence-corrected chi connectivity index (χ1v) is 5.19. The van der Waals surface area contributed by atoms with Gasteiger partial charge in [-0.2, -0.15) is 0 Å². The molecule has 65 valence electrons. The predicted molar refractivity (Wildman–Crippen MR) is 57.9 cm³/mol. The fourth-order valence-electron chi connectivity index (χ4n) is 1.32. The molecule has 0 aliphatic heterocycles. The second-order valence-corrected chi connectivity index (χ2v) is 3.92. The maximum Gasteiger partial charge on any atom is 0.0410 e. The highest BCUT2D eigenvalue weighted by Crippen LogP contribution is 2.26. The Balaban J connectivity index is 2.29. The highest BCUT2D eigenvalue weighted by atomic mass is 32.1. The second-order valence-electron chi connectivity index (χ2n) is 2.97.